The molecule has 1 aromatic rings. The summed E-state index contributed by atoms with van der Waals surface area (Å²) in [7, 11) is 1.54. The third kappa shape index (κ3) is 5.76. The zero-order valence-electron chi connectivity index (χ0n) is 15.9. The van der Waals surface area contributed by atoms with Crippen molar-refractivity contribution in [2.75, 3.05) is 33.4 Å². The van der Waals surface area contributed by atoms with Crippen LogP contribution in [0.5, 0.6) is 11.5 Å². The SMILES string of the molecule is COc1cc(CNCC(C(C)C)N2CCCC2)cc(Cl)c1OCC(N)=O. The van der Waals surface area contributed by atoms with Crippen molar-refractivity contribution in [2.24, 2.45) is 11.7 Å². The zero-order chi connectivity index (χ0) is 19.1. The molecule has 0 bridgehead atoms. The Morgan fingerprint density at radius 2 is 2.04 bits per heavy atom. The molecule has 1 amide bonds. The van der Waals surface area contributed by atoms with Gasteiger partial charge in [0, 0.05) is 19.1 Å². The molecule has 1 fully saturated rings. The molecule has 3 N–H and O–H groups in total. The van der Waals surface area contributed by atoms with Crippen molar-refractivity contribution in [1.82, 2.24) is 10.2 Å². The van der Waals surface area contributed by atoms with Crippen LogP contribution >= 0.6 is 11.6 Å². The smallest absolute Gasteiger partial charge is 0.255 e. The van der Waals surface area contributed by atoms with E-state index in [1.54, 1.807) is 7.11 Å². The van der Waals surface area contributed by atoms with Gasteiger partial charge in [0.05, 0.1) is 12.1 Å². The fourth-order valence-corrected chi connectivity index (χ4v) is 3.67. The number of methoxy groups -OCH3 is 1. The molecule has 1 aliphatic rings. The number of nitrogens with zero attached hydrogens (tertiary/aromatic N) is 1. The first kappa shape index (κ1) is 20.8. The molecule has 1 atom stereocenters. The molecule has 26 heavy (non-hydrogen) atoms. The fourth-order valence-electron chi connectivity index (χ4n) is 3.38. The maximum atomic E-state index is 10.9. The standard InChI is InChI=1S/C19H30ClN3O3/c1-13(2)16(23-6-4-5-7-23)11-22-10-14-8-15(20)19(17(9-14)25-3)26-12-18(21)24/h8-9,13,16,22H,4-7,10-12H2,1-3H3,(H2,21,24). The van der Waals surface area contributed by atoms with Crippen LogP contribution in [0.25, 0.3) is 0 Å². The summed E-state index contributed by atoms with van der Waals surface area (Å²) >= 11 is 6.30. The number of likely N-dealkylation sites (tertiary alicyclic amines) is 1. The van der Waals surface area contributed by atoms with Crippen LogP contribution in [0.2, 0.25) is 5.02 Å². The molecule has 1 saturated heterocycles. The molecule has 1 aromatic carbocycles. The Labute approximate surface area is 161 Å². The van der Waals surface area contributed by atoms with Crippen LogP contribution in [0.15, 0.2) is 12.1 Å². The van der Waals surface area contributed by atoms with E-state index in [9.17, 15) is 4.79 Å². The normalized spacial score (nSPS) is 16.0. The number of ether oxygens (including phenoxy) is 2. The number of halogens is 1. The molecule has 2 rings (SSSR count). The predicted octanol–water partition coefficient (Wildman–Crippen LogP) is 2.42. The lowest BCUT2D eigenvalue weighted by Crippen LogP contribution is -2.44. The number of amides is 1. The number of rotatable bonds is 10. The number of nitrogens with two attached hydrogens (primary N) is 1. The summed E-state index contributed by atoms with van der Waals surface area (Å²) in [5.41, 5.74) is 6.12. The van der Waals surface area contributed by atoms with Crippen molar-refractivity contribution in [2.45, 2.75) is 39.3 Å². The van der Waals surface area contributed by atoms with E-state index in [0.717, 1.165) is 12.1 Å². The quantitative estimate of drug-likeness (QED) is 0.648. The van der Waals surface area contributed by atoms with Gasteiger partial charge in [-0.05, 0) is 49.5 Å². The molecule has 0 saturated carbocycles. The van der Waals surface area contributed by atoms with Gasteiger partial charge in [0.2, 0.25) is 0 Å². The van der Waals surface area contributed by atoms with E-state index in [2.05, 4.69) is 24.1 Å². The van der Waals surface area contributed by atoms with Crippen molar-refractivity contribution in [1.29, 1.82) is 0 Å². The summed E-state index contributed by atoms with van der Waals surface area (Å²) < 4.78 is 10.7. The Kier molecular flexibility index (Phi) is 8.00. The number of carbonyl (C=O) groups excluding carboxylic acids is 1. The molecule has 1 aliphatic heterocycles. The van der Waals surface area contributed by atoms with Gasteiger partial charge in [0.1, 0.15) is 0 Å². The van der Waals surface area contributed by atoms with Gasteiger partial charge < -0.3 is 20.5 Å². The summed E-state index contributed by atoms with van der Waals surface area (Å²) in [6.45, 7) is 8.30. The molecule has 0 aliphatic carbocycles. The highest BCUT2D eigenvalue weighted by atomic mass is 35.5. The fraction of sp³-hybridized carbons (Fsp3) is 0.632. The predicted molar refractivity (Wildman–Crippen MR) is 104 cm³/mol. The largest absolute Gasteiger partial charge is 0.493 e. The van der Waals surface area contributed by atoms with Gasteiger partial charge in [-0.25, -0.2) is 0 Å². The number of primary amides is 1. The molecule has 6 nitrogen and oxygen atoms in total. The highest BCUT2D eigenvalue weighted by Gasteiger charge is 2.24. The van der Waals surface area contributed by atoms with E-state index in [1.165, 1.54) is 25.9 Å². The topological polar surface area (TPSA) is 76.8 Å². The second-order valence-electron chi connectivity index (χ2n) is 7.05. The lowest BCUT2D eigenvalue weighted by molar-refractivity contribution is -0.119. The Balaban J connectivity index is 1.98. The average molecular weight is 384 g/mol. The number of hydrogen-bond donors (Lipinski definition) is 2. The first-order valence-electron chi connectivity index (χ1n) is 9.14. The van der Waals surface area contributed by atoms with E-state index >= 15 is 0 Å². The second-order valence-corrected chi connectivity index (χ2v) is 7.46. The van der Waals surface area contributed by atoms with Crippen LogP contribution in [0.1, 0.15) is 32.3 Å². The van der Waals surface area contributed by atoms with Crippen LogP contribution in [0.3, 0.4) is 0 Å². The summed E-state index contributed by atoms with van der Waals surface area (Å²) in [4.78, 5) is 13.5. The Bertz CT molecular complexity index is 604. The highest BCUT2D eigenvalue weighted by Crippen LogP contribution is 2.36. The van der Waals surface area contributed by atoms with E-state index < -0.39 is 5.91 Å². The van der Waals surface area contributed by atoms with Gasteiger partial charge in [0.15, 0.2) is 18.1 Å². The molecule has 0 aromatic heterocycles. The maximum Gasteiger partial charge on any atom is 0.255 e. The average Bonchev–Trinajstić information content (AvgIpc) is 3.10. The van der Waals surface area contributed by atoms with Gasteiger partial charge in [-0.2, -0.15) is 0 Å². The minimum atomic E-state index is -0.560. The summed E-state index contributed by atoms with van der Waals surface area (Å²) in [5, 5.41) is 3.94. The van der Waals surface area contributed by atoms with Gasteiger partial charge in [0.25, 0.3) is 5.91 Å². The minimum absolute atomic E-state index is 0.237. The van der Waals surface area contributed by atoms with Gasteiger partial charge in [-0.3, -0.25) is 9.69 Å². The summed E-state index contributed by atoms with van der Waals surface area (Å²) in [6, 6.07) is 4.23. The van der Waals surface area contributed by atoms with Crippen LogP contribution in [0, 0.1) is 5.92 Å². The van der Waals surface area contributed by atoms with E-state index in [-0.39, 0.29) is 6.61 Å². The molecule has 0 radical (unpaired) electrons. The first-order chi connectivity index (χ1) is 12.4. The Hall–Kier alpha value is -1.50. The van der Waals surface area contributed by atoms with Crippen LogP contribution in [-0.4, -0.2) is 50.2 Å². The third-order valence-electron chi connectivity index (χ3n) is 4.71. The Morgan fingerprint density at radius 3 is 2.62 bits per heavy atom. The van der Waals surface area contributed by atoms with Gasteiger partial charge in [-0.1, -0.05) is 25.4 Å². The Morgan fingerprint density at radius 1 is 1.35 bits per heavy atom. The van der Waals surface area contributed by atoms with E-state index in [4.69, 9.17) is 26.8 Å². The van der Waals surface area contributed by atoms with E-state index in [0.29, 0.717) is 35.0 Å². The number of carbonyl (C=O) groups is 1. The van der Waals surface area contributed by atoms with Crippen molar-refractivity contribution in [3.63, 3.8) is 0 Å². The molecule has 1 unspecified atom stereocenters. The number of hydrogen-bond acceptors (Lipinski definition) is 5. The lowest BCUT2D eigenvalue weighted by atomic mass is 10.0. The first-order valence-corrected chi connectivity index (χ1v) is 9.52. The lowest BCUT2D eigenvalue weighted by Gasteiger charge is -2.31. The maximum absolute atomic E-state index is 10.9. The zero-order valence-corrected chi connectivity index (χ0v) is 16.6. The highest BCUT2D eigenvalue weighted by molar-refractivity contribution is 6.32. The summed E-state index contributed by atoms with van der Waals surface area (Å²) in [5.74, 6) is 0.878. The molecule has 1 heterocycles. The van der Waals surface area contributed by atoms with Crippen molar-refractivity contribution >= 4 is 17.5 Å². The van der Waals surface area contributed by atoms with E-state index in [1.807, 2.05) is 12.1 Å². The number of benzene rings is 1. The molecular weight excluding hydrogens is 354 g/mol. The van der Waals surface area contributed by atoms with Crippen LogP contribution < -0.4 is 20.5 Å². The second kappa shape index (κ2) is 10.00. The number of nitrogens with one attached hydrogen (secondary N) is 1. The van der Waals surface area contributed by atoms with Crippen molar-refractivity contribution in [3.8, 4) is 11.5 Å². The molecule has 0 spiro atoms. The third-order valence-corrected chi connectivity index (χ3v) is 4.99. The molecule has 146 valence electrons. The monoisotopic (exact) mass is 383 g/mol. The van der Waals surface area contributed by atoms with Crippen LogP contribution in [-0.2, 0) is 11.3 Å². The van der Waals surface area contributed by atoms with Crippen LogP contribution in [0.4, 0.5) is 0 Å². The van der Waals surface area contributed by atoms with Crippen molar-refractivity contribution in [3.05, 3.63) is 22.7 Å². The molecule has 7 heteroatoms. The minimum Gasteiger partial charge on any atom is -0.493 e. The van der Waals surface area contributed by atoms with Crippen molar-refractivity contribution < 1.29 is 14.3 Å². The molecular formula is C19H30ClN3O3. The van der Waals surface area contributed by atoms with Gasteiger partial charge >= 0.3 is 0 Å². The summed E-state index contributed by atoms with van der Waals surface area (Å²) in [6.07, 6.45) is 2.59. The van der Waals surface area contributed by atoms with Gasteiger partial charge in [-0.15, -0.1) is 0 Å².